The Morgan fingerprint density at radius 3 is 1.56 bits per heavy atom. The molecule has 62 heavy (non-hydrogen) atoms. The van der Waals surface area contributed by atoms with E-state index in [2.05, 4.69) is 229 Å². The molecule has 0 atom stereocenters. The highest BCUT2D eigenvalue weighted by Gasteiger charge is 2.20. The largest absolute Gasteiger partial charge is 0.456 e. The Labute approximate surface area is 360 Å². The van der Waals surface area contributed by atoms with Crippen molar-refractivity contribution >= 4 is 71.3 Å². The normalized spacial score (nSPS) is 11.5. The van der Waals surface area contributed by atoms with E-state index in [4.69, 9.17) is 4.42 Å². The summed E-state index contributed by atoms with van der Waals surface area (Å²) in [4.78, 5) is 2.37. The van der Waals surface area contributed by atoms with Crippen LogP contribution in [0.4, 0.5) is 17.1 Å². The number of nitrogens with zero attached hydrogens (tertiary/aromatic N) is 1. The molecule has 0 amide bonds. The van der Waals surface area contributed by atoms with Crippen molar-refractivity contribution in [3.63, 3.8) is 0 Å². The molecule has 0 aliphatic carbocycles. The standard InChI is InChI=1S/C60H39NO/c1-3-15-42(16-4-1)59-54-24-10-9-22-51(54)52-34-30-47(38-56(52)60(59)43-17-5-2-6-18-43)45-20-13-21-49(37-45)61(50-33-35-58-55(39-50)53-23-11-12-25-57(53)62-58)48-31-28-41(29-32-48)46-27-26-40-14-7-8-19-44(40)36-46/h1-39H. The number of hydrogen-bond donors (Lipinski definition) is 0. The van der Waals surface area contributed by atoms with Crippen LogP contribution in [0.1, 0.15) is 0 Å². The van der Waals surface area contributed by atoms with Gasteiger partial charge in [-0.1, -0.05) is 176 Å². The summed E-state index contributed by atoms with van der Waals surface area (Å²) < 4.78 is 6.29. The highest BCUT2D eigenvalue weighted by molar-refractivity contribution is 6.22. The Bertz CT molecular complexity index is 3620. The van der Waals surface area contributed by atoms with Crippen molar-refractivity contribution in [2.45, 2.75) is 0 Å². The second kappa shape index (κ2) is 14.8. The Morgan fingerprint density at radius 1 is 0.242 bits per heavy atom. The predicted molar refractivity (Wildman–Crippen MR) is 263 cm³/mol. The molecule has 2 nitrogen and oxygen atoms in total. The third-order valence-corrected chi connectivity index (χ3v) is 12.4. The number of fused-ring (bicyclic) bond motifs is 7. The van der Waals surface area contributed by atoms with Crippen molar-refractivity contribution < 1.29 is 4.42 Å². The van der Waals surface area contributed by atoms with Crippen molar-refractivity contribution in [1.82, 2.24) is 0 Å². The molecule has 1 aromatic heterocycles. The monoisotopic (exact) mass is 789 g/mol. The molecule has 0 aliphatic rings. The third-order valence-electron chi connectivity index (χ3n) is 12.4. The zero-order chi connectivity index (χ0) is 41.0. The van der Waals surface area contributed by atoms with Gasteiger partial charge in [-0.15, -0.1) is 0 Å². The summed E-state index contributed by atoms with van der Waals surface area (Å²) in [6.45, 7) is 0. The first-order valence-corrected chi connectivity index (χ1v) is 21.2. The summed E-state index contributed by atoms with van der Waals surface area (Å²) in [6, 6.07) is 85.6. The lowest BCUT2D eigenvalue weighted by Crippen LogP contribution is -2.10. The van der Waals surface area contributed by atoms with Crippen LogP contribution in [0.25, 0.3) is 98.8 Å². The number of benzene rings is 11. The van der Waals surface area contributed by atoms with Gasteiger partial charge in [0.25, 0.3) is 0 Å². The maximum absolute atomic E-state index is 6.29. The van der Waals surface area contributed by atoms with Crippen LogP contribution in [-0.4, -0.2) is 0 Å². The van der Waals surface area contributed by atoms with Crippen LogP contribution in [0.3, 0.4) is 0 Å². The summed E-state index contributed by atoms with van der Waals surface area (Å²) >= 11 is 0. The van der Waals surface area contributed by atoms with Gasteiger partial charge in [-0.3, -0.25) is 0 Å². The number of hydrogen-bond acceptors (Lipinski definition) is 2. The minimum absolute atomic E-state index is 0.878. The summed E-state index contributed by atoms with van der Waals surface area (Å²) in [7, 11) is 0. The molecule has 0 radical (unpaired) electrons. The molecule has 290 valence electrons. The first kappa shape index (κ1) is 35.7. The average Bonchev–Trinajstić information content (AvgIpc) is 3.72. The smallest absolute Gasteiger partial charge is 0.135 e. The topological polar surface area (TPSA) is 16.4 Å². The van der Waals surface area contributed by atoms with E-state index in [0.29, 0.717) is 0 Å². The van der Waals surface area contributed by atoms with Crippen molar-refractivity contribution in [3.05, 3.63) is 237 Å². The van der Waals surface area contributed by atoms with E-state index in [1.54, 1.807) is 0 Å². The second-order valence-electron chi connectivity index (χ2n) is 16.1. The van der Waals surface area contributed by atoms with Gasteiger partial charge in [0, 0.05) is 27.8 Å². The molecule has 11 aromatic carbocycles. The molecule has 1 heterocycles. The van der Waals surface area contributed by atoms with Crippen LogP contribution in [0, 0.1) is 0 Å². The minimum atomic E-state index is 0.878. The first-order valence-electron chi connectivity index (χ1n) is 21.2. The summed E-state index contributed by atoms with van der Waals surface area (Å²) in [6.07, 6.45) is 0. The molecule has 0 N–H and O–H groups in total. The Hall–Kier alpha value is -8.20. The van der Waals surface area contributed by atoms with Crippen molar-refractivity contribution in [1.29, 1.82) is 0 Å². The van der Waals surface area contributed by atoms with Gasteiger partial charge in [-0.05, 0) is 137 Å². The molecular weight excluding hydrogens is 751 g/mol. The Morgan fingerprint density at radius 2 is 0.774 bits per heavy atom. The molecular formula is C60H39NO. The van der Waals surface area contributed by atoms with Crippen LogP contribution in [-0.2, 0) is 0 Å². The van der Waals surface area contributed by atoms with Crippen LogP contribution in [0.15, 0.2) is 241 Å². The Kier molecular flexibility index (Phi) is 8.53. The molecule has 0 spiro atoms. The third kappa shape index (κ3) is 6.12. The van der Waals surface area contributed by atoms with E-state index in [1.807, 2.05) is 12.1 Å². The summed E-state index contributed by atoms with van der Waals surface area (Å²) in [5.74, 6) is 0. The predicted octanol–water partition coefficient (Wildman–Crippen LogP) is 17.2. The van der Waals surface area contributed by atoms with Crippen molar-refractivity contribution in [3.8, 4) is 44.5 Å². The Balaban J connectivity index is 1.03. The van der Waals surface area contributed by atoms with Crippen LogP contribution < -0.4 is 4.90 Å². The zero-order valence-corrected chi connectivity index (χ0v) is 33.9. The molecule has 0 aliphatic heterocycles. The molecule has 0 saturated heterocycles. The zero-order valence-electron chi connectivity index (χ0n) is 33.9. The van der Waals surface area contributed by atoms with E-state index in [1.165, 1.54) is 65.7 Å². The van der Waals surface area contributed by atoms with Crippen LogP contribution in [0.2, 0.25) is 0 Å². The first-order chi connectivity index (χ1) is 30.7. The van der Waals surface area contributed by atoms with Gasteiger partial charge in [-0.2, -0.15) is 0 Å². The fraction of sp³-hybridized carbons (Fsp3) is 0. The lowest BCUT2D eigenvalue weighted by molar-refractivity contribution is 0.669. The molecule has 0 saturated carbocycles. The van der Waals surface area contributed by atoms with Gasteiger partial charge in [0.1, 0.15) is 11.2 Å². The maximum Gasteiger partial charge on any atom is 0.135 e. The van der Waals surface area contributed by atoms with Gasteiger partial charge >= 0.3 is 0 Å². The maximum atomic E-state index is 6.29. The van der Waals surface area contributed by atoms with Gasteiger partial charge in [0.15, 0.2) is 0 Å². The quantitative estimate of drug-likeness (QED) is 0.150. The molecule has 0 unspecified atom stereocenters. The van der Waals surface area contributed by atoms with Crippen molar-refractivity contribution in [2.24, 2.45) is 0 Å². The summed E-state index contributed by atoms with van der Waals surface area (Å²) in [5, 5.41) is 9.67. The number of furan rings is 1. The molecule has 0 fully saturated rings. The average molecular weight is 790 g/mol. The SMILES string of the molecule is c1ccc(-c2c(-c3ccccc3)c3cc(-c4cccc(N(c5ccc(-c6ccc7ccccc7c6)cc5)c5ccc6oc7ccccc7c6c5)c4)ccc3c3ccccc23)cc1. The minimum Gasteiger partial charge on any atom is -0.456 e. The van der Waals surface area contributed by atoms with E-state index in [0.717, 1.165) is 50.1 Å². The second-order valence-corrected chi connectivity index (χ2v) is 16.1. The van der Waals surface area contributed by atoms with E-state index in [9.17, 15) is 0 Å². The lowest BCUT2D eigenvalue weighted by Gasteiger charge is -2.26. The van der Waals surface area contributed by atoms with Gasteiger partial charge in [0.05, 0.1) is 0 Å². The fourth-order valence-corrected chi connectivity index (χ4v) is 9.48. The van der Waals surface area contributed by atoms with Gasteiger partial charge < -0.3 is 9.32 Å². The molecule has 0 bridgehead atoms. The fourth-order valence-electron chi connectivity index (χ4n) is 9.48. The molecule has 12 rings (SSSR count). The number of para-hydroxylation sites is 1. The van der Waals surface area contributed by atoms with E-state index < -0.39 is 0 Å². The van der Waals surface area contributed by atoms with Gasteiger partial charge in [0.2, 0.25) is 0 Å². The highest BCUT2D eigenvalue weighted by Crippen LogP contribution is 2.46. The lowest BCUT2D eigenvalue weighted by atomic mass is 9.84. The number of anilines is 3. The number of rotatable bonds is 7. The highest BCUT2D eigenvalue weighted by atomic mass is 16.3. The molecule has 2 heteroatoms. The summed E-state index contributed by atoms with van der Waals surface area (Å²) in [5.41, 5.74) is 14.6. The van der Waals surface area contributed by atoms with Gasteiger partial charge in [-0.25, -0.2) is 0 Å². The van der Waals surface area contributed by atoms with Crippen LogP contribution in [0.5, 0.6) is 0 Å². The van der Waals surface area contributed by atoms with Crippen LogP contribution >= 0.6 is 0 Å². The van der Waals surface area contributed by atoms with E-state index in [-0.39, 0.29) is 0 Å². The molecule has 12 aromatic rings. The van der Waals surface area contributed by atoms with E-state index >= 15 is 0 Å². The van der Waals surface area contributed by atoms with Crippen molar-refractivity contribution in [2.75, 3.05) is 4.90 Å².